The number of nitrogens with one attached hydrogen (secondary N) is 3. The number of nitrogens with zero attached hydrogens (tertiary/aromatic N) is 1. The largest absolute Gasteiger partial charge is 0.495 e. The van der Waals surface area contributed by atoms with Gasteiger partial charge in [-0.25, -0.2) is 0 Å². The predicted molar refractivity (Wildman–Crippen MR) is 234 cm³/mol. The van der Waals surface area contributed by atoms with E-state index >= 15 is 0 Å². The third-order valence-electron chi connectivity index (χ3n) is 6.68. The number of hydrogen-bond donors (Lipinski definition) is 12. The van der Waals surface area contributed by atoms with Crippen LogP contribution in [0.4, 0.5) is 22.7 Å². The zero-order chi connectivity index (χ0) is 41.2. The van der Waals surface area contributed by atoms with Gasteiger partial charge in [-0.1, -0.05) is 93.1 Å². The molecule has 4 rings (SSSR count). The highest BCUT2D eigenvalue weighted by Gasteiger charge is 2.07. The van der Waals surface area contributed by atoms with E-state index in [9.17, 15) is 0 Å². The summed E-state index contributed by atoms with van der Waals surface area (Å²) in [7, 11) is 9.32. The number of anilines is 4. The monoisotopic (exact) mass is 797 g/mol. The Labute approximate surface area is 337 Å². The van der Waals surface area contributed by atoms with E-state index in [1.165, 1.54) is 61.9 Å². The van der Waals surface area contributed by atoms with Crippen LogP contribution < -0.4 is 60.3 Å². The molecule has 0 aliphatic carbocycles. The molecule has 0 saturated carbocycles. The topological polar surface area (TPSA) is 288 Å². The summed E-state index contributed by atoms with van der Waals surface area (Å²) < 4.78 is 14.0. The first-order valence-electron chi connectivity index (χ1n) is 16.9. The fourth-order valence-corrected chi connectivity index (χ4v) is 3.43. The first-order valence-corrected chi connectivity index (χ1v) is 16.9. The average Bonchev–Trinajstić information content (AvgIpc) is 3.12. The summed E-state index contributed by atoms with van der Waals surface area (Å²) in [6.45, 7) is 11.9. The minimum Gasteiger partial charge on any atom is -0.495 e. The lowest BCUT2D eigenvalue weighted by Crippen LogP contribution is -3.03. The van der Waals surface area contributed by atoms with E-state index in [4.69, 9.17) is 47.5 Å². The lowest BCUT2D eigenvalue weighted by atomic mass is 10.1. The van der Waals surface area contributed by atoms with Gasteiger partial charge in [-0.15, -0.1) is 5.23 Å². The van der Waals surface area contributed by atoms with E-state index in [1.54, 1.807) is 39.5 Å². The lowest BCUT2D eigenvalue weighted by molar-refractivity contribution is -1.23. The maximum Gasteiger partial charge on any atom is 0.149 e. The molecule has 0 radical (unpaired) electrons. The molecule has 324 valence electrons. The predicted octanol–water partition coefficient (Wildman–Crippen LogP) is 6.67. The fraction of sp³-hybridized carbons (Fsp3) is 0.400. The second kappa shape index (κ2) is 41.4. The number of hydrogen-bond acceptors (Lipinski definition) is 15. The van der Waals surface area contributed by atoms with Crippen molar-refractivity contribution in [3.8, 4) is 11.5 Å². The van der Waals surface area contributed by atoms with E-state index < -0.39 is 5.23 Å². The second-order valence-electron chi connectivity index (χ2n) is 11.4. The van der Waals surface area contributed by atoms with Crippen LogP contribution in [0.3, 0.4) is 0 Å². The molecule has 0 bridgehead atoms. The molecule has 0 saturated heterocycles. The van der Waals surface area contributed by atoms with Crippen LogP contribution in [0.5, 0.6) is 11.5 Å². The number of aryl methyl sites for hydroxylation is 3. The molecule has 0 aromatic heterocycles. The van der Waals surface area contributed by atoms with Gasteiger partial charge < -0.3 is 43.7 Å². The third-order valence-corrected chi connectivity index (χ3v) is 6.68. The normalized spacial score (nSPS) is 9.29. The van der Waals surface area contributed by atoms with Gasteiger partial charge in [-0.2, -0.15) is 10.4 Å². The van der Waals surface area contributed by atoms with Crippen LogP contribution in [0.25, 0.3) is 0 Å². The molecule has 0 fully saturated rings. The Morgan fingerprint density at radius 3 is 1.46 bits per heavy atom. The zero-order valence-electron chi connectivity index (χ0n) is 35.0. The number of rotatable bonds is 8. The van der Waals surface area contributed by atoms with Crippen molar-refractivity contribution in [2.45, 2.75) is 54.9 Å². The van der Waals surface area contributed by atoms with Crippen LogP contribution >= 0.6 is 0 Å². The second-order valence-corrected chi connectivity index (χ2v) is 11.4. The van der Waals surface area contributed by atoms with Gasteiger partial charge in [0.2, 0.25) is 0 Å². The Hall–Kier alpha value is -4.72. The molecular weight excluding hydrogens is 718 g/mol. The number of hydrazine groups is 1. The number of methoxy groups -OCH3 is 3. The highest BCUT2D eigenvalue weighted by molar-refractivity contribution is 5.61. The third kappa shape index (κ3) is 37.6. The summed E-state index contributed by atoms with van der Waals surface area (Å²) in [5.74, 6) is 1.78. The molecule has 4 aromatic carbocycles. The van der Waals surface area contributed by atoms with Crippen LogP contribution in [-0.2, 0) is 4.74 Å². The summed E-state index contributed by atoms with van der Waals surface area (Å²) in [6.07, 6.45) is 2.54. The minimum atomic E-state index is -0.583. The molecule has 1 atom stereocenters. The van der Waals surface area contributed by atoms with Gasteiger partial charge in [0.25, 0.3) is 0 Å². The smallest absolute Gasteiger partial charge is 0.149 e. The van der Waals surface area contributed by atoms with E-state index in [-0.39, 0.29) is 30.6 Å². The fourth-order valence-electron chi connectivity index (χ4n) is 3.43. The van der Waals surface area contributed by atoms with Gasteiger partial charge in [0, 0.05) is 44.3 Å². The number of benzene rings is 4. The molecule has 4 aromatic rings. The number of hydroxylamine groups is 2. The lowest BCUT2D eigenvalue weighted by Gasteiger charge is -2.12. The summed E-state index contributed by atoms with van der Waals surface area (Å²) in [5.41, 5.74) is 28.4. The van der Waals surface area contributed by atoms with Crippen molar-refractivity contribution in [2.75, 3.05) is 71.5 Å². The van der Waals surface area contributed by atoms with E-state index in [0.29, 0.717) is 28.6 Å². The number of quaternary nitrogens is 1. The Bertz CT molecular complexity index is 1400. The Morgan fingerprint density at radius 1 is 0.732 bits per heavy atom. The standard InChI is InChI=1S/C8H10.C7H10N2O3.C7H10N2O.C7H18N2.C7H8.C2H6O.CH5NO2.CH4.2H3N/c1-7-5-3-4-6-8(7)2;1-12-7-4-5(8)2-3-6(7)9(10)11;1-10-7-4-5(8)2-3-6(7)9;1-4-7(2)5-6-9-8-3;1-7-5-3-2-4-6-7;1-3-2;1-2(3)4;;;/h3-6H,1-2H3;2-4,10-11H,8H2,1H3;2-4H,8-9H2,1H3;7-9H,4-6H2,1-3H3;2-6H,1H3;1-2H3;3-4H,1H3;1H4;2*1H3/p+1. The summed E-state index contributed by atoms with van der Waals surface area (Å²) in [4.78, 5) is 0. The average molecular weight is 797 g/mol. The van der Waals surface area contributed by atoms with Crippen LogP contribution in [-0.4, -0.2) is 69.9 Å². The quantitative estimate of drug-likeness (QED) is 0.0504. The molecule has 1 unspecified atom stereocenters. The van der Waals surface area contributed by atoms with E-state index in [2.05, 4.69) is 86.6 Å². The Balaban J connectivity index is -0.000000133. The summed E-state index contributed by atoms with van der Waals surface area (Å²) >= 11 is 0. The molecule has 0 amide bonds. The van der Waals surface area contributed by atoms with Gasteiger partial charge >= 0.3 is 0 Å². The van der Waals surface area contributed by atoms with Crippen LogP contribution in [0, 0.1) is 26.7 Å². The number of ether oxygens (including phenoxy) is 3. The molecule has 0 aliphatic heterocycles. The number of nitrogen functional groups attached to an aromatic ring is 3. The Morgan fingerprint density at radius 2 is 1.14 bits per heavy atom. The Kier molecular flexibility index (Phi) is 46.8. The van der Waals surface area contributed by atoms with Crippen molar-refractivity contribution in [3.05, 3.63) is 108 Å². The molecular formula is C40H78N9O7+. The van der Waals surface area contributed by atoms with Crippen LogP contribution in [0.2, 0.25) is 0 Å². The molecule has 0 aliphatic rings. The first-order chi connectivity index (χ1) is 25.0. The molecule has 16 nitrogen and oxygen atoms in total. The van der Waals surface area contributed by atoms with E-state index in [1.807, 2.05) is 25.2 Å². The summed E-state index contributed by atoms with van der Waals surface area (Å²) in [6, 6.07) is 28.2. The maximum atomic E-state index is 8.69. The maximum absolute atomic E-state index is 8.69. The van der Waals surface area contributed by atoms with Gasteiger partial charge in [0.1, 0.15) is 24.2 Å². The van der Waals surface area contributed by atoms with Gasteiger partial charge in [-0.3, -0.25) is 21.3 Å². The van der Waals surface area contributed by atoms with Crippen molar-refractivity contribution in [2.24, 2.45) is 5.92 Å². The van der Waals surface area contributed by atoms with Crippen molar-refractivity contribution in [1.82, 2.24) is 23.2 Å². The first kappa shape index (κ1) is 63.2. The van der Waals surface area contributed by atoms with Gasteiger partial charge in [-0.05, 0) is 75.5 Å². The van der Waals surface area contributed by atoms with Crippen molar-refractivity contribution in [3.63, 3.8) is 0 Å². The molecule has 19 N–H and O–H groups in total. The van der Waals surface area contributed by atoms with Crippen LogP contribution in [0.1, 0.15) is 50.8 Å². The van der Waals surface area contributed by atoms with Crippen molar-refractivity contribution in [1.29, 1.82) is 0 Å². The highest BCUT2D eigenvalue weighted by Crippen LogP contribution is 2.28. The van der Waals surface area contributed by atoms with Gasteiger partial charge in [0.15, 0.2) is 0 Å². The molecule has 0 heterocycles. The highest BCUT2D eigenvalue weighted by atomic mass is 16.8. The van der Waals surface area contributed by atoms with Crippen LogP contribution in [0.15, 0.2) is 91.0 Å². The molecule has 56 heavy (non-hydrogen) atoms. The van der Waals surface area contributed by atoms with Gasteiger partial charge in [0.05, 0.1) is 19.9 Å². The molecule has 16 heteroatoms. The SMILES string of the molecule is C.CCC(C)CCNNC.COC.COc1cc(N)ccc1N.COc1cc(N)ccc1N(O)O.C[NH+](O)O.Cc1ccccc1.Cc1ccccc1C.N.N. The van der Waals surface area contributed by atoms with Crippen molar-refractivity contribution >= 4 is 22.7 Å². The zero-order valence-corrected chi connectivity index (χ0v) is 35.0. The van der Waals surface area contributed by atoms with E-state index in [0.717, 1.165) is 12.5 Å². The molecule has 0 spiro atoms. The summed E-state index contributed by atoms with van der Waals surface area (Å²) in [5, 5.41) is 31.8. The minimum absolute atomic E-state index is 0. The number of nitrogens with two attached hydrogens (primary N) is 3. The van der Waals surface area contributed by atoms with Crippen molar-refractivity contribution < 1.29 is 40.3 Å².